The number of nitrogens with one attached hydrogen (secondary N) is 2. The number of carbonyl (C=O) groups excluding carboxylic acids is 1. The summed E-state index contributed by atoms with van der Waals surface area (Å²) in [5.74, 6) is 0. The molecule has 0 unspecified atom stereocenters. The van der Waals surface area contributed by atoms with Gasteiger partial charge >= 0.3 is 6.09 Å². The zero-order chi connectivity index (χ0) is 15.9. The molecule has 0 aliphatic heterocycles. The van der Waals surface area contributed by atoms with E-state index < -0.39 is 5.60 Å². The van der Waals surface area contributed by atoms with Gasteiger partial charge in [-0.2, -0.15) is 0 Å². The van der Waals surface area contributed by atoms with Crippen LogP contribution in [-0.4, -0.2) is 24.8 Å². The molecular formula is C16H25BrN2O2. The third kappa shape index (κ3) is 8.07. The van der Waals surface area contributed by atoms with Crippen molar-refractivity contribution in [2.75, 3.05) is 13.1 Å². The molecule has 1 amide bonds. The molecular weight excluding hydrogens is 332 g/mol. The Bertz CT molecular complexity index is 441. The van der Waals surface area contributed by atoms with Gasteiger partial charge in [0, 0.05) is 17.1 Å². The quantitative estimate of drug-likeness (QED) is 0.757. The van der Waals surface area contributed by atoms with Crippen molar-refractivity contribution in [3.8, 4) is 0 Å². The molecule has 0 saturated carbocycles. The van der Waals surface area contributed by atoms with Crippen molar-refractivity contribution < 1.29 is 9.53 Å². The fourth-order valence-electron chi connectivity index (χ4n) is 1.78. The van der Waals surface area contributed by atoms with Crippen molar-refractivity contribution in [2.24, 2.45) is 0 Å². The average molecular weight is 357 g/mol. The molecule has 2 N–H and O–H groups in total. The van der Waals surface area contributed by atoms with Crippen molar-refractivity contribution in [3.05, 3.63) is 34.3 Å². The Hall–Kier alpha value is -1.07. The number of benzene rings is 1. The molecule has 118 valence electrons. The van der Waals surface area contributed by atoms with Gasteiger partial charge in [0.05, 0.1) is 0 Å². The van der Waals surface area contributed by atoms with Crippen LogP contribution in [0.2, 0.25) is 0 Å². The molecule has 0 aliphatic rings. The van der Waals surface area contributed by atoms with Crippen LogP contribution in [0.1, 0.15) is 45.7 Å². The topological polar surface area (TPSA) is 50.4 Å². The molecule has 4 nitrogen and oxygen atoms in total. The van der Waals surface area contributed by atoms with Crippen LogP contribution in [0, 0.1) is 0 Å². The zero-order valence-electron chi connectivity index (χ0n) is 13.2. The molecule has 0 fully saturated rings. The predicted octanol–water partition coefficient (Wildman–Crippen LogP) is 4.01. The molecule has 0 bridgehead atoms. The summed E-state index contributed by atoms with van der Waals surface area (Å²) in [5.41, 5.74) is 0.802. The highest BCUT2D eigenvalue weighted by Gasteiger charge is 2.15. The Morgan fingerprint density at radius 3 is 2.43 bits per heavy atom. The lowest BCUT2D eigenvalue weighted by Crippen LogP contribution is -2.34. The first-order valence-electron chi connectivity index (χ1n) is 7.23. The lowest BCUT2D eigenvalue weighted by molar-refractivity contribution is 0.0527. The number of hydrogen-bond donors (Lipinski definition) is 2. The van der Waals surface area contributed by atoms with E-state index in [9.17, 15) is 4.79 Å². The van der Waals surface area contributed by atoms with Gasteiger partial charge in [-0.1, -0.05) is 28.1 Å². The van der Waals surface area contributed by atoms with Gasteiger partial charge in [0.15, 0.2) is 0 Å². The van der Waals surface area contributed by atoms with Gasteiger partial charge in [-0.15, -0.1) is 0 Å². The smallest absolute Gasteiger partial charge is 0.407 e. The molecule has 1 atom stereocenters. The minimum absolute atomic E-state index is 0.291. The van der Waals surface area contributed by atoms with Gasteiger partial charge < -0.3 is 15.4 Å². The molecule has 5 heteroatoms. The Morgan fingerprint density at radius 2 is 1.86 bits per heavy atom. The van der Waals surface area contributed by atoms with E-state index in [1.54, 1.807) is 0 Å². The van der Waals surface area contributed by atoms with Gasteiger partial charge in [-0.3, -0.25) is 0 Å². The SMILES string of the molecule is C[C@@H](NCCCNC(=O)OC(C)(C)C)c1ccc(Br)cc1. The first-order valence-corrected chi connectivity index (χ1v) is 8.03. The number of amides is 1. The second kappa shape index (κ2) is 8.39. The van der Waals surface area contributed by atoms with Crippen molar-refractivity contribution >= 4 is 22.0 Å². The normalized spacial score (nSPS) is 12.8. The molecule has 0 saturated heterocycles. The maximum absolute atomic E-state index is 11.5. The van der Waals surface area contributed by atoms with E-state index in [0.29, 0.717) is 12.6 Å². The van der Waals surface area contributed by atoms with E-state index in [2.05, 4.69) is 45.6 Å². The number of hydrogen-bond acceptors (Lipinski definition) is 3. The van der Waals surface area contributed by atoms with Crippen molar-refractivity contribution in [3.63, 3.8) is 0 Å². The van der Waals surface area contributed by atoms with Crippen molar-refractivity contribution in [2.45, 2.75) is 45.8 Å². The van der Waals surface area contributed by atoms with Gasteiger partial charge in [0.25, 0.3) is 0 Å². The molecule has 0 heterocycles. The number of halogens is 1. The summed E-state index contributed by atoms with van der Waals surface area (Å²) < 4.78 is 6.25. The average Bonchev–Trinajstić information content (AvgIpc) is 2.36. The summed E-state index contributed by atoms with van der Waals surface area (Å²) in [6, 6.07) is 8.57. The second-order valence-electron chi connectivity index (χ2n) is 6.01. The minimum atomic E-state index is -0.446. The highest BCUT2D eigenvalue weighted by atomic mass is 79.9. The maximum atomic E-state index is 11.5. The lowest BCUT2D eigenvalue weighted by atomic mass is 10.1. The number of rotatable bonds is 6. The number of alkyl carbamates (subject to hydrolysis) is 1. The second-order valence-corrected chi connectivity index (χ2v) is 6.93. The monoisotopic (exact) mass is 356 g/mol. The van der Waals surface area contributed by atoms with Gasteiger partial charge in [0.1, 0.15) is 5.60 Å². The lowest BCUT2D eigenvalue weighted by Gasteiger charge is -2.20. The van der Waals surface area contributed by atoms with E-state index in [1.807, 2.05) is 32.9 Å². The van der Waals surface area contributed by atoms with Gasteiger partial charge in [-0.05, 0) is 58.4 Å². The first kappa shape index (κ1) is 18.0. The summed E-state index contributed by atoms with van der Waals surface area (Å²) >= 11 is 3.43. The Labute approximate surface area is 135 Å². The molecule has 0 aromatic heterocycles. The number of carbonyl (C=O) groups is 1. The first-order chi connectivity index (χ1) is 9.78. The molecule has 1 aromatic carbocycles. The van der Waals surface area contributed by atoms with E-state index in [-0.39, 0.29) is 6.09 Å². The van der Waals surface area contributed by atoms with Crippen molar-refractivity contribution in [1.29, 1.82) is 0 Å². The van der Waals surface area contributed by atoms with Crippen LogP contribution in [0.3, 0.4) is 0 Å². The molecule has 1 rings (SSSR count). The third-order valence-corrected chi connectivity index (χ3v) is 3.37. The van der Waals surface area contributed by atoms with Gasteiger partial charge in [0.2, 0.25) is 0 Å². The maximum Gasteiger partial charge on any atom is 0.407 e. The largest absolute Gasteiger partial charge is 0.444 e. The number of ether oxygens (including phenoxy) is 1. The molecule has 0 spiro atoms. The molecule has 21 heavy (non-hydrogen) atoms. The van der Waals surface area contributed by atoms with E-state index in [1.165, 1.54) is 5.56 Å². The Morgan fingerprint density at radius 1 is 1.24 bits per heavy atom. The van der Waals surface area contributed by atoms with Crippen LogP contribution in [0.25, 0.3) is 0 Å². The molecule has 0 aliphatic carbocycles. The van der Waals surface area contributed by atoms with Crippen LogP contribution in [0.5, 0.6) is 0 Å². The summed E-state index contributed by atoms with van der Waals surface area (Å²) in [6.07, 6.45) is 0.503. The fourth-order valence-corrected chi connectivity index (χ4v) is 2.05. The Balaban J connectivity index is 2.16. The summed E-state index contributed by atoms with van der Waals surface area (Å²) in [4.78, 5) is 11.5. The fraction of sp³-hybridized carbons (Fsp3) is 0.562. The standard InChI is InChI=1S/C16H25BrN2O2/c1-12(13-6-8-14(17)9-7-13)18-10-5-11-19-15(20)21-16(2,3)4/h6-9,12,18H,5,10-11H2,1-4H3,(H,19,20)/t12-/m1/s1. The summed E-state index contributed by atoms with van der Waals surface area (Å²) in [5, 5.41) is 6.19. The highest BCUT2D eigenvalue weighted by Crippen LogP contribution is 2.16. The summed E-state index contributed by atoms with van der Waals surface area (Å²) in [7, 11) is 0. The van der Waals surface area contributed by atoms with Crippen LogP contribution < -0.4 is 10.6 Å². The highest BCUT2D eigenvalue weighted by molar-refractivity contribution is 9.10. The van der Waals surface area contributed by atoms with Crippen LogP contribution >= 0.6 is 15.9 Å². The van der Waals surface area contributed by atoms with Crippen LogP contribution in [-0.2, 0) is 4.74 Å². The third-order valence-electron chi connectivity index (χ3n) is 2.84. The Kier molecular flexibility index (Phi) is 7.18. The van der Waals surface area contributed by atoms with Crippen molar-refractivity contribution in [1.82, 2.24) is 10.6 Å². The van der Waals surface area contributed by atoms with E-state index >= 15 is 0 Å². The predicted molar refractivity (Wildman–Crippen MR) is 89.4 cm³/mol. The van der Waals surface area contributed by atoms with E-state index in [0.717, 1.165) is 17.4 Å². The van der Waals surface area contributed by atoms with Gasteiger partial charge in [-0.25, -0.2) is 4.79 Å². The zero-order valence-corrected chi connectivity index (χ0v) is 14.8. The van der Waals surface area contributed by atoms with E-state index in [4.69, 9.17) is 4.74 Å². The molecule has 0 radical (unpaired) electrons. The molecule has 1 aromatic rings. The van der Waals surface area contributed by atoms with Crippen LogP contribution in [0.15, 0.2) is 28.7 Å². The summed E-state index contributed by atoms with van der Waals surface area (Å²) in [6.45, 7) is 9.14. The van der Waals surface area contributed by atoms with Crippen LogP contribution in [0.4, 0.5) is 4.79 Å². The minimum Gasteiger partial charge on any atom is -0.444 e.